The molecular formula is C14H16N4O2. The number of nitrogen functional groups attached to an aromatic ring is 1. The van der Waals surface area contributed by atoms with Crippen molar-refractivity contribution in [3.8, 4) is 11.6 Å². The Bertz CT molecular complexity index is 618. The summed E-state index contributed by atoms with van der Waals surface area (Å²) >= 11 is 0. The Kier molecular flexibility index (Phi) is 3.28. The summed E-state index contributed by atoms with van der Waals surface area (Å²) in [5.74, 6) is 2.19. The van der Waals surface area contributed by atoms with Crippen molar-refractivity contribution in [2.24, 2.45) is 0 Å². The molecule has 6 nitrogen and oxygen atoms in total. The van der Waals surface area contributed by atoms with E-state index in [0.29, 0.717) is 18.3 Å². The summed E-state index contributed by atoms with van der Waals surface area (Å²) in [5, 5.41) is 3.36. The zero-order valence-electron chi connectivity index (χ0n) is 11.2. The third-order valence-corrected chi connectivity index (χ3v) is 3.21. The third kappa shape index (κ3) is 2.45. The first-order valence-electron chi connectivity index (χ1n) is 6.43. The van der Waals surface area contributed by atoms with Gasteiger partial charge in [-0.1, -0.05) is 18.2 Å². The van der Waals surface area contributed by atoms with Crippen LogP contribution in [0.1, 0.15) is 18.0 Å². The molecule has 1 aliphatic heterocycles. The Morgan fingerprint density at radius 1 is 1.35 bits per heavy atom. The number of hydrogen-bond donors (Lipinski definition) is 2. The molecule has 0 spiro atoms. The maximum Gasteiger partial charge on any atom is 0.225 e. The van der Waals surface area contributed by atoms with Gasteiger partial charge in [-0.25, -0.2) is 0 Å². The number of anilines is 2. The van der Waals surface area contributed by atoms with E-state index < -0.39 is 0 Å². The summed E-state index contributed by atoms with van der Waals surface area (Å²) < 4.78 is 10.7. The molecule has 1 unspecified atom stereocenters. The first-order valence-corrected chi connectivity index (χ1v) is 6.43. The number of benzene rings is 1. The van der Waals surface area contributed by atoms with E-state index in [1.807, 2.05) is 24.3 Å². The van der Waals surface area contributed by atoms with E-state index in [1.54, 1.807) is 13.2 Å². The minimum Gasteiger partial charge on any atom is -0.493 e. The summed E-state index contributed by atoms with van der Waals surface area (Å²) in [6.45, 7) is 0.673. The molecular weight excluding hydrogens is 256 g/mol. The smallest absolute Gasteiger partial charge is 0.225 e. The predicted octanol–water partition coefficient (Wildman–Crippen LogP) is 2.00. The van der Waals surface area contributed by atoms with Crippen molar-refractivity contribution in [1.29, 1.82) is 0 Å². The molecule has 1 aromatic carbocycles. The second kappa shape index (κ2) is 5.24. The van der Waals surface area contributed by atoms with E-state index in [4.69, 9.17) is 15.2 Å². The summed E-state index contributed by atoms with van der Waals surface area (Å²) in [6.07, 6.45) is 0.864. The number of methoxy groups -OCH3 is 1. The van der Waals surface area contributed by atoms with Crippen molar-refractivity contribution >= 4 is 11.8 Å². The number of nitrogens with one attached hydrogen (secondary N) is 1. The summed E-state index contributed by atoms with van der Waals surface area (Å²) in [6, 6.07) is 9.85. The average molecular weight is 272 g/mol. The molecule has 0 saturated carbocycles. The first kappa shape index (κ1) is 12.5. The van der Waals surface area contributed by atoms with Gasteiger partial charge in [0.15, 0.2) is 0 Å². The fourth-order valence-electron chi connectivity index (χ4n) is 2.29. The number of aromatic nitrogens is 2. The highest BCUT2D eigenvalue weighted by molar-refractivity contribution is 5.47. The molecule has 3 N–H and O–H groups in total. The zero-order valence-corrected chi connectivity index (χ0v) is 11.2. The number of hydrogen-bond acceptors (Lipinski definition) is 6. The summed E-state index contributed by atoms with van der Waals surface area (Å²) in [7, 11) is 1.55. The van der Waals surface area contributed by atoms with Gasteiger partial charge in [-0.05, 0) is 6.07 Å². The normalized spacial score (nSPS) is 16.9. The Morgan fingerprint density at radius 3 is 3.05 bits per heavy atom. The standard InChI is InChI=1S/C14H16N4O2/c1-19-13-8-12(17-14(15)18-13)16-10-6-7-20-11-5-3-2-4-9(10)11/h2-5,8,10H,6-7H2,1H3,(H3,15,16,17,18). The van der Waals surface area contributed by atoms with Gasteiger partial charge in [-0.2, -0.15) is 9.97 Å². The number of para-hydroxylation sites is 1. The van der Waals surface area contributed by atoms with Crippen LogP contribution in [-0.4, -0.2) is 23.7 Å². The first-order chi connectivity index (χ1) is 9.76. The summed E-state index contributed by atoms with van der Waals surface area (Å²) in [4.78, 5) is 8.15. The molecule has 6 heteroatoms. The molecule has 0 amide bonds. The highest BCUT2D eigenvalue weighted by Crippen LogP contribution is 2.34. The van der Waals surface area contributed by atoms with Gasteiger partial charge in [-0.3, -0.25) is 0 Å². The van der Waals surface area contributed by atoms with Crippen LogP contribution in [0.3, 0.4) is 0 Å². The molecule has 0 fully saturated rings. The van der Waals surface area contributed by atoms with Gasteiger partial charge in [0.25, 0.3) is 0 Å². The van der Waals surface area contributed by atoms with Gasteiger partial charge in [-0.15, -0.1) is 0 Å². The lowest BCUT2D eigenvalue weighted by atomic mass is 10.0. The molecule has 3 rings (SSSR count). The van der Waals surface area contributed by atoms with E-state index >= 15 is 0 Å². The maximum atomic E-state index is 5.67. The van der Waals surface area contributed by atoms with E-state index in [0.717, 1.165) is 17.7 Å². The van der Waals surface area contributed by atoms with Gasteiger partial charge >= 0.3 is 0 Å². The van der Waals surface area contributed by atoms with Crippen LogP contribution in [0.4, 0.5) is 11.8 Å². The molecule has 2 aromatic rings. The molecule has 2 heterocycles. The summed E-state index contributed by atoms with van der Waals surface area (Å²) in [5.41, 5.74) is 6.79. The molecule has 0 aliphatic carbocycles. The zero-order chi connectivity index (χ0) is 13.9. The quantitative estimate of drug-likeness (QED) is 0.889. The van der Waals surface area contributed by atoms with Crippen molar-refractivity contribution in [1.82, 2.24) is 9.97 Å². The predicted molar refractivity (Wildman–Crippen MR) is 75.9 cm³/mol. The lowest BCUT2D eigenvalue weighted by molar-refractivity contribution is 0.274. The molecule has 1 aromatic heterocycles. The maximum absolute atomic E-state index is 5.67. The van der Waals surface area contributed by atoms with Crippen LogP contribution in [0.25, 0.3) is 0 Å². The second-order valence-electron chi connectivity index (χ2n) is 4.53. The van der Waals surface area contributed by atoms with E-state index in [9.17, 15) is 0 Å². The number of fused-ring (bicyclic) bond motifs is 1. The van der Waals surface area contributed by atoms with Crippen LogP contribution < -0.4 is 20.5 Å². The van der Waals surface area contributed by atoms with Crippen LogP contribution in [-0.2, 0) is 0 Å². The van der Waals surface area contributed by atoms with Crippen LogP contribution in [0.15, 0.2) is 30.3 Å². The topological polar surface area (TPSA) is 82.3 Å². The molecule has 1 atom stereocenters. The fourth-order valence-corrected chi connectivity index (χ4v) is 2.29. The average Bonchev–Trinajstić information content (AvgIpc) is 2.47. The number of ether oxygens (including phenoxy) is 2. The minimum atomic E-state index is 0.138. The lowest BCUT2D eigenvalue weighted by Crippen LogP contribution is -2.21. The SMILES string of the molecule is COc1cc(NC2CCOc3ccccc32)nc(N)n1. The van der Waals surface area contributed by atoms with Crippen LogP contribution >= 0.6 is 0 Å². The monoisotopic (exact) mass is 272 g/mol. The van der Waals surface area contributed by atoms with Crippen molar-refractivity contribution < 1.29 is 9.47 Å². The van der Waals surface area contributed by atoms with Gasteiger partial charge < -0.3 is 20.5 Å². The van der Waals surface area contributed by atoms with Crippen LogP contribution in [0.5, 0.6) is 11.6 Å². The molecule has 20 heavy (non-hydrogen) atoms. The molecule has 1 aliphatic rings. The van der Waals surface area contributed by atoms with Crippen molar-refractivity contribution in [3.63, 3.8) is 0 Å². The highest BCUT2D eigenvalue weighted by Gasteiger charge is 2.21. The lowest BCUT2D eigenvalue weighted by Gasteiger charge is -2.27. The van der Waals surface area contributed by atoms with Gasteiger partial charge in [0, 0.05) is 18.1 Å². The minimum absolute atomic E-state index is 0.138. The van der Waals surface area contributed by atoms with Gasteiger partial charge in [0.05, 0.1) is 19.8 Å². The molecule has 104 valence electrons. The van der Waals surface area contributed by atoms with Crippen molar-refractivity contribution in [3.05, 3.63) is 35.9 Å². The molecule has 0 saturated heterocycles. The van der Waals surface area contributed by atoms with Crippen molar-refractivity contribution in [2.45, 2.75) is 12.5 Å². The van der Waals surface area contributed by atoms with Crippen LogP contribution in [0, 0.1) is 0 Å². The largest absolute Gasteiger partial charge is 0.493 e. The molecule has 0 radical (unpaired) electrons. The van der Waals surface area contributed by atoms with Crippen LogP contribution in [0.2, 0.25) is 0 Å². The van der Waals surface area contributed by atoms with Gasteiger partial charge in [0.1, 0.15) is 11.6 Å². The fraction of sp³-hybridized carbons (Fsp3) is 0.286. The third-order valence-electron chi connectivity index (χ3n) is 3.21. The number of nitrogens with zero attached hydrogens (tertiary/aromatic N) is 2. The Balaban J connectivity index is 1.87. The van der Waals surface area contributed by atoms with E-state index in [2.05, 4.69) is 15.3 Å². The Morgan fingerprint density at radius 2 is 2.20 bits per heavy atom. The van der Waals surface area contributed by atoms with E-state index in [1.165, 1.54) is 0 Å². The van der Waals surface area contributed by atoms with Crippen molar-refractivity contribution in [2.75, 3.05) is 24.8 Å². The number of nitrogens with two attached hydrogens (primary N) is 1. The van der Waals surface area contributed by atoms with Gasteiger partial charge in [0.2, 0.25) is 11.8 Å². The second-order valence-corrected chi connectivity index (χ2v) is 4.53. The highest BCUT2D eigenvalue weighted by atomic mass is 16.5. The Hall–Kier alpha value is -2.50. The number of rotatable bonds is 3. The Labute approximate surface area is 116 Å². The molecule has 0 bridgehead atoms. The van der Waals surface area contributed by atoms with E-state index in [-0.39, 0.29) is 12.0 Å².